The Morgan fingerprint density at radius 1 is 1.54 bits per heavy atom. The van der Waals surface area contributed by atoms with Crippen molar-refractivity contribution < 1.29 is 4.74 Å². The van der Waals surface area contributed by atoms with Gasteiger partial charge in [0.1, 0.15) is 6.61 Å². The standard InChI is InChI=1S/C10H20N2O/c1-10(2,3)6-8-7-13-9(12-8)4-5-11/h8H,4-7,11H2,1-3H3. The number of rotatable bonds is 3. The lowest BCUT2D eigenvalue weighted by molar-refractivity contribution is 0.264. The molecule has 0 radical (unpaired) electrons. The van der Waals surface area contributed by atoms with Gasteiger partial charge >= 0.3 is 0 Å². The Morgan fingerprint density at radius 2 is 2.23 bits per heavy atom. The van der Waals surface area contributed by atoms with E-state index < -0.39 is 0 Å². The van der Waals surface area contributed by atoms with Crippen molar-refractivity contribution in [1.29, 1.82) is 0 Å². The van der Waals surface area contributed by atoms with Crippen LogP contribution in [0.3, 0.4) is 0 Å². The molecule has 0 fully saturated rings. The Bertz CT molecular complexity index is 194. The normalized spacial score (nSPS) is 22.8. The van der Waals surface area contributed by atoms with Gasteiger partial charge in [0.25, 0.3) is 0 Å². The van der Waals surface area contributed by atoms with Crippen LogP contribution in [0.2, 0.25) is 0 Å². The van der Waals surface area contributed by atoms with Gasteiger partial charge in [0.05, 0.1) is 6.04 Å². The molecule has 0 aromatic heterocycles. The lowest BCUT2D eigenvalue weighted by Crippen LogP contribution is -2.17. The summed E-state index contributed by atoms with van der Waals surface area (Å²) < 4.78 is 5.42. The van der Waals surface area contributed by atoms with Gasteiger partial charge in [0.2, 0.25) is 0 Å². The molecule has 1 heterocycles. The molecule has 1 aliphatic rings. The Morgan fingerprint density at radius 3 is 2.77 bits per heavy atom. The fraction of sp³-hybridized carbons (Fsp3) is 0.900. The van der Waals surface area contributed by atoms with E-state index in [2.05, 4.69) is 25.8 Å². The zero-order chi connectivity index (χ0) is 9.90. The molecular formula is C10H20N2O. The van der Waals surface area contributed by atoms with Crippen molar-refractivity contribution in [1.82, 2.24) is 0 Å². The summed E-state index contributed by atoms with van der Waals surface area (Å²) >= 11 is 0. The SMILES string of the molecule is CC(C)(C)CC1COC(CCN)=N1. The quantitative estimate of drug-likeness (QED) is 0.723. The minimum atomic E-state index is 0.329. The molecule has 0 saturated carbocycles. The Hall–Kier alpha value is -0.570. The van der Waals surface area contributed by atoms with Crippen LogP contribution in [-0.2, 0) is 4.74 Å². The van der Waals surface area contributed by atoms with Crippen LogP contribution < -0.4 is 5.73 Å². The maximum absolute atomic E-state index is 5.42. The summed E-state index contributed by atoms with van der Waals surface area (Å²) in [5.41, 5.74) is 5.75. The third-order valence-electron chi connectivity index (χ3n) is 1.98. The first-order valence-corrected chi connectivity index (χ1v) is 4.91. The van der Waals surface area contributed by atoms with Crippen LogP contribution in [0.15, 0.2) is 4.99 Å². The number of aliphatic imine (C=N–C) groups is 1. The van der Waals surface area contributed by atoms with Gasteiger partial charge in [-0.3, -0.25) is 0 Å². The van der Waals surface area contributed by atoms with E-state index in [-0.39, 0.29) is 0 Å². The zero-order valence-electron chi connectivity index (χ0n) is 8.84. The number of hydrogen-bond donors (Lipinski definition) is 1. The monoisotopic (exact) mass is 184 g/mol. The van der Waals surface area contributed by atoms with E-state index in [0.717, 1.165) is 25.3 Å². The first-order valence-electron chi connectivity index (χ1n) is 4.91. The van der Waals surface area contributed by atoms with E-state index in [9.17, 15) is 0 Å². The van der Waals surface area contributed by atoms with Gasteiger partial charge in [-0.05, 0) is 11.8 Å². The lowest BCUT2D eigenvalue weighted by atomic mass is 9.89. The second-order valence-electron chi connectivity index (χ2n) is 4.79. The summed E-state index contributed by atoms with van der Waals surface area (Å²) in [5.74, 6) is 0.844. The Labute approximate surface area is 80.4 Å². The minimum absolute atomic E-state index is 0.329. The van der Waals surface area contributed by atoms with Crippen LogP contribution in [0.25, 0.3) is 0 Å². The second-order valence-corrected chi connectivity index (χ2v) is 4.79. The molecule has 0 aromatic rings. The summed E-state index contributed by atoms with van der Waals surface area (Å²) in [7, 11) is 0. The molecule has 13 heavy (non-hydrogen) atoms. The van der Waals surface area contributed by atoms with Gasteiger partial charge in [-0.25, -0.2) is 4.99 Å². The first kappa shape index (κ1) is 10.5. The van der Waals surface area contributed by atoms with Crippen LogP contribution >= 0.6 is 0 Å². The fourth-order valence-corrected chi connectivity index (χ4v) is 1.54. The fourth-order valence-electron chi connectivity index (χ4n) is 1.54. The third-order valence-corrected chi connectivity index (χ3v) is 1.98. The van der Waals surface area contributed by atoms with E-state index in [1.54, 1.807) is 0 Å². The first-order chi connectivity index (χ1) is 6.01. The van der Waals surface area contributed by atoms with Crippen molar-refractivity contribution >= 4 is 5.90 Å². The second kappa shape index (κ2) is 4.09. The highest BCUT2D eigenvalue weighted by atomic mass is 16.5. The molecule has 2 N–H and O–H groups in total. The van der Waals surface area contributed by atoms with Crippen molar-refractivity contribution in [2.24, 2.45) is 16.1 Å². The molecule has 0 saturated heterocycles. The van der Waals surface area contributed by atoms with Crippen molar-refractivity contribution in [2.75, 3.05) is 13.2 Å². The summed E-state index contributed by atoms with van der Waals surface area (Å²) in [6.07, 6.45) is 1.86. The van der Waals surface area contributed by atoms with E-state index in [1.807, 2.05) is 0 Å². The van der Waals surface area contributed by atoms with Crippen molar-refractivity contribution in [3.05, 3.63) is 0 Å². The van der Waals surface area contributed by atoms with E-state index in [1.165, 1.54) is 0 Å². The van der Waals surface area contributed by atoms with Gasteiger partial charge in [0.15, 0.2) is 5.90 Å². The van der Waals surface area contributed by atoms with Crippen molar-refractivity contribution in [3.8, 4) is 0 Å². The summed E-state index contributed by atoms with van der Waals surface area (Å²) in [6, 6.07) is 0.349. The molecule has 0 aliphatic carbocycles. The number of nitrogens with two attached hydrogens (primary N) is 1. The minimum Gasteiger partial charge on any atom is -0.479 e. The van der Waals surface area contributed by atoms with Gasteiger partial charge in [-0.1, -0.05) is 20.8 Å². The number of ether oxygens (including phenoxy) is 1. The van der Waals surface area contributed by atoms with Gasteiger partial charge in [0, 0.05) is 13.0 Å². The number of nitrogens with zero attached hydrogens (tertiary/aromatic N) is 1. The highest BCUT2D eigenvalue weighted by Crippen LogP contribution is 2.24. The molecule has 1 aliphatic heterocycles. The predicted octanol–water partition coefficient (Wildman–Crippen LogP) is 1.57. The highest BCUT2D eigenvalue weighted by Gasteiger charge is 2.23. The molecule has 0 aromatic carbocycles. The van der Waals surface area contributed by atoms with Crippen LogP contribution in [0.4, 0.5) is 0 Å². The van der Waals surface area contributed by atoms with Crippen LogP contribution in [0.5, 0.6) is 0 Å². The molecule has 0 spiro atoms. The van der Waals surface area contributed by atoms with Gasteiger partial charge in [-0.2, -0.15) is 0 Å². The summed E-state index contributed by atoms with van der Waals surface area (Å²) in [5, 5.41) is 0. The van der Waals surface area contributed by atoms with E-state index in [4.69, 9.17) is 10.5 Å². The van der Waals surface area contributed by atoms with Crippen LogP contribution in [0.1, 0.15) is 33.6 Å². The topological polar surface area (TPSA) is 47.6 Å². The molecular weight excluding hydrogens is 164 g/mol. The molecule has 1 unspecified atom stereocenters. The maximum Gasteiger partial charge on any atom is 0.184 e. The van der Waals surface area contributed by atoms with E-state index >= 15 is 0 Å². The lowest BCUT2D eigenvalue weighted by Gasteiger charge is -2.19. The molecule has 0 amide bonds. The van der Waals surface area contributed by atoms with Crippen molar-refractivity contribution in [3.63, 3.8) is 0 Å². The predicted molar refractivity (Wildman–Crippen MR) is 54.9 cm³/mol. The molecule has 1 atom stereocenters. The third kappa shape index (κ3) is 3.77. The average molecular weight is 184 g/mol. The van der Waals surface area contributed by atoms with Crippen LogP contribution in [-0.4, -0.2) is 25.1 Å². The molecule has 76 valence electrons. The molecule has 3 nitrogen and oxygen atoms in total. The zero-order valence-corrected chi connectivity index (χ0v) is 8.84. The summed E-state index contributed by atoms with van der Waals surface area (Å²) in [6.45, 7) is 8.05. The van der Waals surface area contributed by atoms with Crippen LogP contribution in [0, 0.1) is 5.41 Å². The highest BCUT2D eigenvalue weighted by molar-refractivity contribution is 5.77. The van der Waals surface area contributed by atoms with E-state index in [0.29, 0.717) is 18.0 Å². The largest absolute Gasteiger partial charge is 0.479 e. The van der Waals surface area contributed by atoms with Crippen molar-refractivity contribution in [2.45, 2.75) is 39.7 Å². The smallest absolute Gasteiger partial charge is 0.184 e. The Kier molecular flexibility index (Phi) is 3.31. The molecule has 3 heteroatoms. The van der Waals surface area contributed by atoms with Gasteiger partial charge < -0.3 is 10.5 Å². The molecule has 0 bridgehead atoms. The summed E-state index contributed by atoms with van der Waals surface area (Å²) in [4.78, 5) is 4.48. The maximum atomic E-state index is 5.42. The molecule has 1 rings (SSSR count). The van der Waals surface area contributed by atoms with Gasteiger partial charge in [-0.15, -0.1) is 0 Å². The number of hydrogen-bond acceptors (Lipinski definition) is 3. The average Bonchev–Trinajstić information content (AvgIpc) is 2.33. The Balaban J connectivity index is 2.39.